The van der Waals surface area contributed by atoms with E-state index in [-0.39, 0.29) is 18.0 Å². The van der Waals surface area contributed by atoms with Gasteiger partial charge in [-0.2, -0.15) is 0 Å². The molecule has 1 amide bonds. The van der Waals surface area contributed by atoms with E-state index in [0.717, 1.165) is 12.8 Å². The van der Waals surface area contributed by atoms with E-state index in [9.17, 15) is 4.79 Å². The molecule has 2 aliphatic rings. The first-order valence-electron chi connectivity index (χ1n) is 5.01. The van der Waals surface area contributed by atoms with Crippen molar-refractivity contribution in [2.45, 2.75) is 31.0 Å². The molecule has 1 saturated heterocycles. The summed E-state index contributed by atoms with van der Waals surface area (Å²) in [6.45, 7) is 1.45. The molecule has 1 aliphatic heterocycles. The minimum Gasteiger partial charge on any atom is -0.376 e. The third-order valence-corrected chi connectivity index (χ3v) is 2.63. The highest BCUT2D eigenvalue weighted by Crippen LogP contribution is 2.17. The van der Waals surface area contributed by atoms with Crippen LogP contribution in [0.2, 0.25) is 0 Å². The number of carbonyl (C=O) groups is 1. The van der Waals surface area contributed by atoms with E-state index < -0.39 is 6.10 Å². The lowest BCUT2D eigenvalue weighted by Crippen LogP contribution is -2.54. The number of rotatable bonds is 2. The van der Waals surface area contributed by atoms with Crippen LogP contribution in [-0.2, 0) is 14.3 Å². The molecule has 0 aromatic heterocycles. The van der Waals surface area contributed by atoms with Crippen molar-refractivity contribution in [2.24, 2.45) is 5.73 Å². The largest absolute Gasteiger partial charge is 0.376 e. The smallest absolute Gasteiger partial charge is 0.251 e. The third-order valence-electron chi connectivity index (χ3n) is 2.63. The molecule has 5 nitrogen and oxygen atoms in total. The van der Waals surface area contributed by atoms with Gasteiger partial charge >= 0.3 is 0 Å². The Labute approximate surface area is 82.9 Å². The Morgan fingerprint density at radius 2 is 2.14 bits per heavy atom. The van der Waals surface area contributed by atoms with Crippen molar-refractivity contribution in [1.29, 1.82) is 0 Å². The molecular formula is C9H16N2O3. The molecule has 0 radical (unpaired) electrons. The van der Waals surface area contributed by atoms with Crippen LogP contribution >= 0.6 is 0 Å². The summed E-state index contributed by atoms with van der Waals surface area (Å²) in [4.78, 5) is 11.6. The van der Waals surface area contributed by atoms with Crippen molar-refractivity contribution >= 4 is 5.91 Å². The fraction of sp³-hybridized carbons (Fsp3) is 0.889. The molecule has 80 valence electrons. The molecule has 0 aromatic rings. The van der Waals surface area contributed by atoms with Gasteiger partial charge in [-0.15, -0.1) is 0 Å². The van der Waals surface area contributed by atoms with Crippen LogP contribution < -0.4 is 11.1 Å². The maximum absolute atomic E-state index is 11.6. The molecule has 1 aliphatic carbocycles. The van der Waals surface area contributed by atoms with Crippen molar-refractivity contribution in [3.05, 3.63) is 0 Å². The summed E-state index contributed by atoms with van der Waals surface area (Å²) in [6.07, 6.45) is 1.32. The number of nitrogens with one attached hydrogen (secondary N) is 1. The Bertz CT molecular complexity index is 210. The van der Waals surface area contributed by atoms with Gasteiger partial charge in [0.05, 0.1) is 19.8 Å². The van der Waals surface area contributed by atoms with E-state index in [1.54, 1.807) is 0 Å². The van der Waals surface area contributed by atoms with Gasteiger partial charge in [-0.3, -0.25) is 4.79 Å². The van der Waals surface area contributed by atoms with Gasteiger partial charge in [-0.05, 0) is 12.8 Å². The summed E-state index contributed by atoms with van der Waals surface area (Å²) >= 11 is 0. The van der Waals surface area contributed by atoms with Gasteiger partial charge in [0.15, 0.2) is 6.10 Å². The molecular weight excluding hydrogens is 184 g/mol. The fourth-order valence-corrected chi connectivity index (χ4v) is 1.71. The minimum atomic E-state index is -0.430. The molecule has 2 rings (SSSR count). The highest BCUT2D eigenvalue weighted by molar-refractivity contribution is 5.81. The number of amides is 1. The number of hydrogen-bond donors (Lipinski definition) is 2. The molecule has 3 N–H and O–H groups in total. The molecule has 1 saturated carbocycles. The second kappa shape index (κ2) is 4.25. The molecule has 0 bridgehead atoms. The Morgan fingerprint density at radius 1 is 1.36 bits per heavy atom. The van der Waals surface area contributed by atoms with Crippen LogP contribution in [0, 0.1) is 0 Å². The Hall–Kier alpha value is -0.650. The summed E-state index contributed by atoms with van der Waals surface area (Å²) in [7, 11) is 0. The quantitative estimate of drug-likeness (QED) is 0.600. The van der Waals surface area contributed by atoms with Gasteiger partial charge in [0.1, 0.15) is 0 Å². The van der Waals surface area contributed by atoms with E-state index in [1.807, 2.05) is 0 Å². The molecule has 14 heavy (non-hydrogen) atoms. The zero-order valence-electron chi connectivity index (χ0n) is 8.07. The zero-order chi connectivity index (χ0) is 9.97. The van der Waals surface area contributed by atoms with E-state index in [1.165, 1.54) is 0 Å². The molecule has 0 aromatic carbocycles. The van der Waals surface area contributed by atoms with E-state index >= 15 is 0 Å². The van der Waals surface area contributed by atoms with Crippen LogP contribution in [0.25, 0.3) is 0 Å². The lowest BCUT2D eigenvalue weighted by molar-refractivity contribution is -0.148. The fourth-order valence-electron chi connectivity index (χ4n) is 1.71. The SMILES string of the molecule is NC1CC(NC(=O)C2COCCO2)C1. The first-order chi connectivity index (χ1) is 6.75. The van der Waals surface area contributed by atoms with Crippen molar-refractivity contribution in [1.82, 2.24) is 5.32 Å². The van der Waals surface area contributed by atoms with Crippen LogP contribution in [0.15, 0.2) is 0 Å². The average Bonchev–Trinajstić information content (AvgIpc) is 2.17. The van der Waals surface area contributed by atoms with Crippen LogP contribution in [0.4, 0.5) is 0 Å². The van der Waals surface area contributed by atoms with Gasteiger partial charge in [0, 0.05) is 12.1 Å². The molecule has 5 heteroatoms. The summed E-state index contributed by atoms with van der Waals surface area (Å²) in [6, 6.07) is 0.492. The number of carbonyl (C=O) groups excluding carboxylic acids is 1. The maximum Gasteiger partial charge on any atom is 0.251 e. The molecule has 2 fully saturated rings. The Kier molecular flexibility index (Phi) is 3.00. The summed E-state index contributed by atoms with van der Waals surface area (Å²) < 4.78 is 10.4. The van der Waals surface area contributed by atoms with Crippen LogP contribution in [-0.4, -0.2) is 43.9 Å². The van der Waals surface area contributed by atoms with Crippen LogP contribution in [0.1, 0.15) is 12.8 Å². The van der Waals surface area contributed by atoms with Crippen molar-refractivity contribution < 1.29 is 14.3 Å². The van der Waals surface area contributed by atoms with Gasteiger partial charge in [0.25, 0.3) is 5.91 Å². The molecule has 1 heterocycles. The second-order valence-corrected chi connectivity index (χ2v) is 3.87. The van der Waals surface area contributed by atoms with Gasteiger partial charge < -0.3 is 20.5 Å². The van der Waals surface area contributed by atoms with Crippen molar-refractivity contribution in [3.63, 3.8) is 0 Å². The molecule has 1 atom stereocenters. The van der Waals surface area contributed by atoms with E-state index in [2.05, 4.69) is 5.32 Å². The Morgan fingerprint density at radius 3 is 2.71 bits per heavy atom. The minimum absolute atomic E-state index is 0.0680. The average molecular weight is 200 g/mol. The van der Waals surface area contributed by atoms with Crippen molar-refractivity contribution in [3.8, 4) is 0 Å². The summed E-state index contributed by atoms with van der Waals surface area (Å²) in [5.74, 6) is -0.0680. The first-order valence-corrected chi connectivity index (χ1v) is 5.01. The summed E-state index contributed by atoms with van der Waals surface area (Å²) in [5.41, 5.74) is 5.62. The van der Waals surface area contributed by atoms with E-state index in [4.69, 9.17) is 15.2 Å². The maximum atomic E-state index is 11.6. The molecule has 0 spiro atoms. The van der Waals surface area contributed by atoms with Gasteiger partial charge in [-0.25, -0.2) is 0 Å². The highest BCUT2D eigenvalue weighted by Gasteiger charge is 2.30. The summed E-state index contributed by atoms with van der Waals surface area (Å²) in [5, 5.41) is 2.89. The van der Waals surface area contributed by atoms with Gasteiger partial charge in [0.2, 0.25) is 0 Å². The lowest BCUT2D eigenvalue weighted by atomic mass is 9.87. The number of hydrogen-bond acceptors (Lipinski definition) is 4. The second-order valence-electron chi connectivity index (χ2n) is 3.87. The molecule has 1 unspecified atom stereocenters. The normalized spacial score (nSPS) is 37.4. The Balaban J connectivity index is 1.71. The van der Waals surface area contributed by atoms with Crippen LogP contribution in [0.5, 0.6) is 0 Å². The lowest BCUT2D eigenvalue weighted by Gasteiger charge is -2.34. The van der Waals surface area contributed by atoms with Crippen LogP contribution in [0.3, 0.4) is 0 Å². The highest BCUT2D eigenvalue weighted by atomic mass is 16.6. The topological polar surface area (TPSA) is 73.6 Å². The number of ether oxygens (including phenoxy) is 2. The number of nitrogens with two attached hydrogens (primary N) is 1. The standard InChI is InChI=1S/C9H16N2O3/c10-6-3-7(4-6)11-9(12)8-5-13-1-2-14-8/h6-8H,1-5,10H2,(H,11,12). The predicted molar refractivity (Wildman–Crippen MR) is 49.7 cm³/mol. The third kappa shape index (κ3) is 2.23. The predicted octanol–water partition coefficient (Wildman–Crippen LogP) is -0.992. The first kappa shape index (κ1) is 9.89. The van der Waals surface area contributed by atoms with E-state index in [0.29, 0.717) is 19.8 Å². The van der Waals surface area contributed by atoms with Crippen molar-refractivity contribution in [2.75, 3.05) is 19.8 Å². The van der Waals surface area contributed by atoms with Gasteiger partial charge in [-0.1, -0.05) is 0 Å². The zero-order valence-corrected chi connectivity index (χ0v) is 8.07. The monoisotopic (exact) mass is 200 g/mol.